The highest BCUT2D eigenvalue weighted by atomic mass is 16.5. The number of carbonyl (C=O) groups excluding carboxylic acids is 1. The van der Waals surface area contributed by atoms with E-state index < -0.39 is 0 Å². The van der Waals surface area contributed by atoms with Crippen molar-refractivity contribution in [2.24, 2.45) is 5.92 Å². The van der Waals surface area contributed by atoms with E-state index in [0.717, 1.165) is 44.1 Å². The number of likely N-dealkylation sites (N-methyl/N-ethyl adjacent to an activating group) is 1. The first-order chi connectivity index (χ1) is 11.0. The number of amides is 1. The maximum absolute atomic E-state index is 12.6. The summed E-state index contributed by atoms with van der Waals surface area (Å²) in [4.78, 5) is 16.8. The molecule has 0 aliphatic carbocycles. The molecule has 0 spiro atoms. The molecule has 0 radical (unpaired) electrons. The molecule has 1 saturated heterocycles. The zero-order chi connectivity index (χ0) is 16.8. The standard InChI is InChI=1S/C19H30N2O2/c1-5-23-18-8-6-17(7-9-18)14-20(4)16(3)19(22)21-12-10-15(2)11-13-21/h6-9,15-16H,5,10-14H2,1-4H3. The number of nitrogens with zero attached hydrogens (tertiary/aromatic N) is 2. The summed E-state index contributed by atoms with van der Waals surface area (Å²) in [6.07, 6.45) is 2.25. The monoisotopic (exact) mass is 318 g/mol. The van der Waals surface area contributed by atoms with Gasteiger partial charge in [-0.1, -0.05) is 19.1 Å². The normalized spacial score (nSPS) is 17.3. The zero-order valence-corrected chi connectivity index (χ0v) is 14.9. The number of hydrogen-bond acceptors (Lipinski definition) is 3. The van der Waals surface area contributed by atoms with Crippen LogP contribution >= 0.6 is 0 Å². The fourth-order valence-electron chi connectivity index (χ4n) is 2.96. The molecule has 1 unspecified atom stereocenters. The molecule has 1 aliphatic rings. The summed E-state index contributed by atoms with van der Waals surface area (Å²) in [6, 6.07) is 8.04. The van der Waals surface area contributed by atoms with Crippen molar-refractivity contribution >= 4 is 5.91 Å². The van der Waals surface area contributed by atoms with Crippen molar-refractivity contribution in [3.63, 3.8) is 0 Å². The molecule has 0 N–H and O–H groups in total. The fraction of sp³-hybridized carbons (Fsp3) is 0.632. The van der Waals surface area contributed by atoms with Crippen LogP contribution in [0.1, 0.15) is 39.2 Å². The summed E-state index contributed by atoms with van der Waals surface area (Å²) in [5.41, 5.74) is 1.20. The molecule has 1 atom stereocenters. The Hall–Kier alpha value is -1.55. The molecule has 0 bridgehead atoms. The van der Waals surface area contributed by atoms with Crippen LogP contribution in [0.25, 0.3) is 0 Å². The minimum atomic E-state index is -0.0880. The van der Waals surface area contributed by atoms with Crippen molar-refractivity contribution in [3.05, 3.63) is 29.8 Å². The minimum Gasteiger partial charge on any atom is -0.494 e. The van der Waals surface area contributed by atoms with Crippen molar-refractivity contribution in [2.45, 2.75) is 46.2 Å². The maximum atomic E-state index is 12.6. The van der Waals surface area contributed by atoms with E-state index in [1.54, 1.807) is 0 Å². The van der Waals surface area contributed by atoms with Crippen molar-refractivity contribution in [2.75, 3.05) is 26.7 Å². The molecule has 1 fully saturated rings. The van der Waals surface area contributed by atoms with Gasteiger partial charge in [0.25, 0.3) is 0 Å². The third kappa shape index (κ3) is 4.96. The van der Waals surface area contributed by atoms with Crippen molar-refractivity contribution in [1.29, 1.82) is 0 Å². The van der Waals surface area contributed by atoms with Crippen LogP contribution in [0.5, 0.6) is 5.75 Å². The first kappa shape index (κ1) is 17.8. The van der Waals surface area contributed by atoms with Gasteiger partial charge >= 0.3 is 0 Å². The minimum absolute atomic E-state index is 0.0880. The zero-order valence-electron chi connectivity index (χ0n) is 14.9. The summed E-state index contributed by atoms with van der Waals surface area (Å²) in [6.45, 7) is 9.51. The maximum Gasteiger partial charge on any atom is 0.239 e. The van der Waals surface area contributed by atoms with Crippen molar-refractivity contribution < 1.29 is 9.53 Å². The van der Waals surface area contributed by atoms with Crippen LogP contribution < -0.4 is 4.74 Å². The van der Waals surface area contributed by atoms with Crippen LogP contribution in [0.3, 0.4) is 0 Å². The topological polar surface area (TPSA) is 32.8 Å². The van der Waals surface area contributed by atoms with Gasteiger partial charge < -0.3 is 9.64 Å². The van der Waals surface area contributed by atoms with Gasteiger partial charge in [0.1, 0.15) is 5.75 Å². The molecule has 1 heterocycles. The number of rotatable bonds is 6. The van der Waals surface area contributed by atoms with Crippen LogP contribution in [0.15, 0.2) is 24.3 Å². The Kier molecular flexibility index (Phi) is 6.46. The predicted octanol–water partition coefficient (Wildman–Crippen LogP) is 3.16. The smallest absolute Gasteiger partial charge is 0.239 e. The predicted molar refractivity (Wildman–Crippen MR) is 93.5 cm³/mol. The van der Waals surface area contributed by atoms with Crippen LogP contribution in [-0.4, -0.2) is 48.5 Å². The molecule has 1 aliphatic heterocycles. The lowest BCUT2D eigenvalue weighted by Gasteiger charge is -2.34. The van der Waals surface area contributed by atoms with Crippen molar-refractivity contribution in [1.82, 2.24) is 9.80 Å². The molecular formula is C19H30N2O2. The quantitative estimate of drug-likeness (QED) is 0.808. The number of ether oxygens (including phenoxy) is 1. The molecule has 1 aromatic rings. The van der Waals surface area contributed by atoms with Crippen LogP contribution in [-0.2, 0) is 11.3 Å². The Labute approximate surface area is 140 Å². The highest BCUT2D eigenvalue weighted by molar-refractivity contribution is 5.81. The Balaban J connectivity index is 1.88. The van der Waals surface area contributed by atoms with Crippen molar-refractivity contribution in [3.8, 4) is 5.75 Å². The second-order valence-corrected chi connectivity index (χ2v) is 6.68. The Bertz CT molecular complexity index is 493. The molecule has 1 aromatic carbocycles. The highest BCUT2D eigenvalue weighted by Gasteiger charge is 2.26. The average molecular weight is 318 g/mol. The third-order valence-electron chi connectivity index (χ3n) is 4.78. The van der Waals surface area contributed by atoms with Crippen LogP contribution in [0, 0.1) is 5.92 Å². The van der Waals surface area contributed by atoms with Gasteiger partial charge in [0.2, 0.25) is 5.91 Å². The lowest BCUT2D eigenvalue weighted by Crippen LogP contribution is -2.48. The Morgan fingerprint density at radius 1 is 1.30 bits per heavy atom. The molecule has 0 saturated carbocycles. The van der Waals surface area contributed by atoms with E-state index in [1.165, 1.54) is 5.56 Å². The third-order valence-corrected chi connectivity index (χ3v) is 4.78. The number of carbonyl (C=O) groups is 1. The average Bonchev–Trinajstić information content (AvgIpc) is 2.56. The van der Waals surface area contributed by atoms with E-state index in [9.17, 15) is 4.79 Å². The lowest BCUT2D eigenvalue weighted by molar-refractivity contribution is -0.137. The number of benzene rings is 1. The van der Waals surface area contributed by atoms with Gasteiger partial charge in [-0.3, -0.25) is 9.69 Å². The molecule has 4 heteroatoms. The number of piperidine rings is 1. The van der Waals surface area contributed by atoms with E-state index in [2.05, 4.69) is 24.0 Å². The highest BCUT2D eigenvalue weighted by Crippen LogP contribution is 2.18. The molecule has 1 amide bonds. The largest absolute Gasteiger partial charge is 0.494 e. The SMILES string of the molecule is CCOc1ccc(CN(C)C(C)C(=O)N2CCC(C)CC2)cc1. The Morgan fingerprint density at radius 2 is 1.91 bits per heavy atom. The van der Waals surface area contributed by atoms with E-state index in [0.29, 0.717) is 6.61 Å². The van der Waals surface area contributed by atoms with E-state index in [-0.39, 0.29) is 11.9 Å². The molecule has 4 nitrogen and oxygen atoms in total. The fourth-order valence-corrected chi connectivity index (χ4v) is 2.96. The van der Waals surface area contributed by atoms with Gasteiger partial charge in [0, 0.05) is 19.6 Å². The van der Waals surface area contributed by atoms with Gasteiger partial charge in [-0.15, -0.1) is 0 Å². The molecule has 23 heavy (non-hydrogen) atoms. The number of likely N-dealkylation sites (tertiary alicyclic amines) is 1. The summed E-state index contributed by atoms with van der Waals surface area (Å²) in [5, 5.41) is 0. The van der Waals surface area contributed by atoms with E-state index in [1.807, 2.05) is 37.9 Å². The van der Waals surface area contributed by atoms with Gasteiger partial charge in [0.15, 0.2) is 0 Å². The van der Waals surface area contributed by atoms with Crippen LogP contribution in [0.2, 0.25) is 0 Å². The van der Waals surface area contributed by atoms with Gasteiger partial charge in [-0.2, -0.15) is 0 Å². The summed E-state index contributed by atoms with van der Waals surface area (Å²) in [5.74, 6) is 1.90. The Morgan fingerprint density at radius 3 is 2.48 bits per heavy atom. The summed E-state index contributed by atoms with van der Waals surface area (Å²) < 4.78 is 5.47. The van der Waals surface area contributed by atoms with Crippen LogP contribution in [0.4, 0.5) is 0 Å². The molecule has 128 valence electrons. The first-order valence-electron chi connectivity index (χ1n) is 8.72. The molecule has 0 aromatic heterocycles. The van der Waals surface area contributed by atoms with Gasteiger partial charge in [-0.25, -0.2) is 0 Å². The molecule has 2 rings (SSSR count). The second-order valence-electron chi connectivity index (χ2n) is 6.68. The van der Waals surface area contributed by atoms with E-state index in [4.69, 9.17) is 4.74 Å². The van der Waals surface area contributed by atoms with Gasteiger partial charge in [-0.05, 0) is 57.4 Å². The first-order valence-corrected chi connectivity index (χ1v) is 8.72. The lowest BCUT2D eigenvalue weighted by atomic mass is 9.98. The summed E-state index contributed by atoms with van der Waals surface area (Å²) >= 11 is 0. The number of hydrogen-bond donors (Lipinski definition) is 0. The second kappa shape index (κ2) is 8.34. The molecular weight excluding hydrogens is 288 g/mol. The summed E-state index contributed by atoms with van der Waals surface area (Å²) in [7, 11) is 2.02. The van der Waals surface area contributed by atoms with Gasteiger partial charge in [0.05, 0.1) is 12.6 Å². The van der Waals surface area contributed by atoms with E-state index >= 15 is 0 Å².